The van der Waals surface area contributed by atoms with Crippen molar-refractivity contribution in [1.82, 2.24) is 9.97 Å². The van der Waals surface area contributed by atoms with Crippen LogP contribution >= 0.6 is 22.6 Å². The van der Waals surface area contributed by atoms with Gasteiger partial charge in [0.05, 0.1) is 9.26 Å². The second-order valence-corrected chi connectivity index (χ2v) is 5.23. The molecule has 1 aromatic heterocycles. The minimum absolute atomic E-state index is 0.342. The molecule has 0 fully saturated rings. The molecule has 0 saturated carbocycles. The second-order valence-electron chi connectivity index (χ2n) is 4.15. The first-order valence-electron chi connectivity index (χ1n) is 5.48. The van der Waals surface area contributed by atoms with Gasteiger partial charge < -0.3 is 5.73 Å². The number of benzene rings is 1. The largest absolute Gasteiger partial charge is 0.383 e. The Balaban J connectivity index is 2.57. The zero-order chi connectivity index (χ0) is 12.4. The normalized spacial score (nSPS) is 10.8. The lowest BCUT2D eigenvalue weighted by Gasteiger charge is -2.11. The van der Waals surface area contributed by atoms with E-state index in [1.54, 1.807) is 0 Å². The fourth-order valence-electron chi connectivity index (χ4n) is 1.58. The molecule has 0 atom stereocenters. The Bertz CT molecular complexity index is 524. The average molecular weight is 339 g/mol. The van der Waals surface area contributed by atoms with Crippen LogP contribution in [0.25, 0.3) is 11.4 Å². The predicted octanol–water partition coefficient (Wildman–Crippen LogP) is 3.45. The first kappa shape index (κ1) is 12.3. The molecule has 88 valence electrons. The standard InChI is InChI=1S/C13H14IN3/c1-8(2)11-10(14)12(15)17-13(16-11)9-6-4-3-5-7-9/h3-8H,1-2H3,(H2,15,16,17). The number of halogens is 1. The van der Waals surface area contributed by atoms with Crippen molar-refractivity contribution in [3.05, 3.63) is 39.6 Å². The van der Waals surface area contributed by atoms with Crippen molar-refractivity contribution in [2.24, 2.45) is 0 Å². The van der Waals surface area contributed by atoms with Crippen molar-refractivity contribution < 1.29 is 0 Å². The predicted molar refractivity (Wildman–Crippen MR) is 78.7 cm³/mol. The molecule has 0 amide bonds. The van der Waals surface area contributed by atoms with Crippen LogP contribution in [0.15, 0.2) is 30.3 Å². The van der Waals surface area contributed by atoms with Crippen LogP contribution in [0.3, 0.4) is 0 Å². The Morgan fingerprint density at radius 2 is 1.76 bits per heavy atom. The molecule has 0 bridgehead atoms. The summed E-state index contributed by atoms with van der Waals surface area (Å²) in [5.41, 5.74) is 7.95. The maximum absolute atomic E-state index is 5.94. The van der Waals surface area contributed by atoms with Crippen molar-refractivity contribution in [3.8, 4) is 11.4 Å². The van der Waals surface area contributed by atoms with Crippen molar-refractivity contribution >= 4 is 28.4 Å². The fraction of sp³-hybridized carbons (Fsp3) is 0.231. The minimum atomic E-state index is 0.342. The van der Waals surface area contributed by atoms with Gasteiger partial charge >= 0.3 is 0 Å². The van der Waals surface area contributed by atoms with Gasteiger partial charge in [-0.2, -0.15) is 0 Å². The highest BCUT2D eigenvalue weighted by Gasteiger charge is 2.13. The Morgan fingerprint density at radius 3 is 2.35 bits per heavy atom. The number of nitrogen functional groups attached to an aromatic ring is 1. The molecule has 0 radical (unpaired) electrons. The average Bonchev–Trinajstić information content (AvgIpc) is 2.33. The maximum atomic E-state index is 5.94. The SMILES string of the molecule is CC(C)c1nc(-c2ccccc2)nc(N)c1I. The molecule has 0 spiro atoms. The monoisotopic (exact) mass is 339 g/mol. The minimum Gasteiger partial charge on any atom is -0.383 e. The van der Waals surface area contributed by atoms with Crippen LogP contribution in [0.1, 0.15) is 25.5 Å². The van der Waals surface area contributed by atoms with E-state index in [9.17, 15) is 0 Å². The van der Waals surface area contributed by atoms with Crippen LogP contribution in [0, 0.1) is 3.57 Å². The maximum Gasteiger partial charge on any atom is 0.161 e. The molecule has 17 heavy (non-hydrogen) atoms. The number of hydrogen-bond donors (Lipinski definition) is 1. The molecule has 1 aromatic carbocycles. The molecule has 0 unspecified atom stereocenters. The summed E-state index contributed by atoms with van der Waals surface area (Å²) >= 11 is 2.21. The molecule has 1 heterocycles. The molecular formula is C13H14IN3. The van der Waals surface area contributed by atoms with E-state index in [0.717, 1.165) is 14.8 Å². The molecule has 0 aliphatic heterocycles. The summed E-state index contributed by atoms with van der Waals surface area (Å²) in [7, 11) is 0. The van der Waals surface area contributed by atoms with Gasteiger partial charge in [-0.25, -0.2) is 9.97 Å². The van der Waals surface area contributed by atoms with E-state index in [2.05, 4.69) is 46.4 Å². The molecular weight excluding hydrogens is 325 g/mol. The number of hydrogen-bond acceptors (Lipinski definition) is 3. The van der Waals surface area contributed by atoms with Gasteiger partial charge in [-0.05, 0) is 28.5 Å². The lowest BCUT2D eigenvalue weighted by atomic mass is 10.1. The first-order chi connectivity index (χ1) is 8.09. The summed E-state index contributed by atoms with van der Waals surface area (Å²) in [6.45, 7) is 4.22. The fourth-order valence-corrected chi connectivity index (χ4v) is 2.45. The molecule has 2 rings (SSSR count). The van der Waals surface area contributed by atoms with Gasteiger partial charge in [-0.15, -0.1) is 0 Å². The first-order valence-corrected chi connectivity index (χ1v) is 6.55. The van der Waals surface area contributed by atoms with Crippen molar-refractivity contribution in [2.75, 3.05) is 5.73 Å². The van der Waals surface area contributed by atoms with Crippen LogP contribution in [-0.4, -0.2) is 9.97 Å². The van der Waals surface area contributed by atoms with Gasteiger partial charge in [0, 0.05) is 5.56 Å². The van der Waals surface area contributed by atoms with Crippen LogP contribution in [-0.2, 0) is 0 Å². The molecule has 0 aliphatic rings. The summed E-state index contributed by atoms with van der Waals surface area (Å²) in [6.07, 6.45) is 0. The van der Waals surface area contributed by atoms with Crippen molar-refractivity contribution in [2.45, 2.75) is 19.8 Å². The van der Waals surface area contributed by atoms with Gasteiger partial charge in [0.25, 0.3) is 0 Å². The zero-order valence-corrected chi connectivity index (χ0v) is 12.0. The van der Waals surface area contributed by atoms with Gasteiger partial charge in [-0.1, -0.05) is 44.2 Å². The molecule has 2 N–H and O–H groups in total. The van der Waals surface area contributed by atoms with E-state index in [0.29, 0.717) is 17.6 Å². The van der Waals surface area contributed by atoms with Crippen LogP contribution in [0.2, 0.25) is 0 Å². The van der Waals surface area contributed by atoms with E-state index < -0.39 is 0 Å². The third-order valence-electron chi connectivity index (χ3n) is 2.48. The summed E-state index contributed by atoms with van der Waals surface area (Å²) in [5, 5.41) is 0. The van der Waals surface area contributed by atoms with Gasteiger partial charge in [0.15, 0.2) is 5.82 Å². The van der Waals surface area contributed by atoms with E-state index in [1.807, 2.05) is 30.3 Å². The number of aromatic nitrogens is 2. The highest BCUT2D eigenvalue weighted by molar-refractivity contribution is 14.1. The summed E-state index contributed by atoms with van der Waals surface area (Å²) in [6, 6.07) is 9.91. The highest BCUT2D eigenvalue weighted by atomic mass is 127. The number of anilines is 1. The van der Waals surface area contributed by atoms with Crippen molar-refractivity contribution in [3.63, 3.8) is 0 Å². The van der Waals surface area contributed by atoms with Gasteiger partial charge in [0.1, 0.15) is 5.82 Å². The van der Waals surface area contributed by atoms with Crippen molar-refractivity contribution in [1.29, 1.82) is 0 Å². The van der Waals surface area contributed by atoms with Crippen LogP contribution in [0.5, 0.6) is 0 Å². The Labute approximate surface area is 115 Å². The van der Waals surface area contributed by atoms with Gasteiger partial charge in [0.2, 0.25) is 0 Å². The number of nitrogens with zero attached hydrogens (tertiary/aromatic N) is 2. The summed E-state index contributed by atoms with van der Waals surface area (Å²) < 4.78 is 0.956. The Morgan fingerprint density at radius 1 is 1.12 bits per heavy atom. The smallest absolute Gasteiger partial charge is 0.161 e. The Kier molecular flexibility index (Phi) is 3.61. The van der Waals surface area contributed by atoms with E-state index in [-0.39, 0.29) is 0 Å². The number of nitrogens with two attached hydrogens (primary N) is 1. The highest BCUT2D eigenvalue weighted by Crippen LogP contribution is 2.26. The molecule has 3 nitrogen and oxygen atoms in total. The molecule has 0 saturated heterocycles. The third kappa shape index (κ3) is 2.57. The molecule has 0 aliphatic carbocycles. The summed E-state index contributed by atoms with van der Waals surface area (Å²) in [5.74, 6) is 1.60. The lowest BCUT2D eigenvalue weighted by Crippen LogP contribution is -2.06. The van der Waals surface area contributed by atoms with E-state index >= 15 is 0 Å². The Hall–Kier alpha value is -1.17. The van der Waals surface area contributed by atoms with Crippen LogP contribution in [0.4, 0.5) is 5.82 Å². The molecule has 4 heteroatoms. The lowest BCUT2D eigenvalue weighted by molar-refractivity contribution is 0.810. The second kappa shape index (κ2) is 5.00. The van der Waals surface area contributed by atoms with E-state index in [4.69, 9.17) is 5.73 Å². The summed E-state index contributed by atoms with van der Waals surface area (Å²) in [4.78, 5) is 8.95. The van der Waals surface area contributed by atoms with E-state index in [1.165, 1.54) is 0 Å². The zero-order valence-electron chi connectivity index (χ0n) is 9.81. The molecule has 2 aromatic rings. The topological polar surface area (TPSA) is 51.8 Å². The van der Waals surface area contributed by atoms with Crippen LogP contribution < -0.4 is 5.73 Å². The van der Waals surface area contributed by atoms with Gasteiger partial charge in [-0.3, -0.25) is 0 Å². The quantitative estimate of drug-likeness (QED) is 0.853. The third-order valence-corrected chi connectivity index (χ3v) is 3.59. The number of rotatable bonds is 2.